The van der Waals surface area contributed by atoms with E-state index in [-0.39, 0.29) is 5.84 Å². The van der Waals surface area contributed by atoms with E-state index in [0.717, 1.165) is 22.3 Å². The van der Waals surface area contributed by atoms with Crippen molar-refractivity contribution >= 4 is 11.8 Å². The van der Waals surface area contributed by atoms with Crippen molar-refractivity contribution in [1.82, 2.24) is 5.48 Å². The molecule has 3 aromatic carbocycles. The van der Waals surface area contributed by atoms with Gasteiger partial charge in [-0.15, -0.1) is 0 Å². The molecular formula is C24H19F3N2O2. The summed E-state index contributed by atoms with van der Waals surface area (Å²) < 4.78 is 37.7. The minimum Gasteiger partial charge on any atom is -0.334 e. The summed E-state index contributed by atoms with van der Waals surface area (Å²) in [7, 11) is 0. The molecule has 4 rings (SSSR count). The summed E-state index contributed by atoms with van der Waals surface area (Å²) in [4.78, 5) is 20.1. The van der Waals surface area contributed by atoms with Crippen LogP contribution in [0.15, 0.2) is 83.9 Å². The topological polar surface area (TPSA) is 50.7 Å². The number of rotatable bonds is 2. The molecule has 0 spiro atoms. The van der Waals surface area contributed by atoms with Crippen molar-refractivity contribution in [1.29, 1.82) is 0 Å². The van der Waals surface area contributed by atoms with Gasteiger partial charge in [0, 0.05) is 12.0 Å². The Kier molecular flexibility index (Phi) is 5.27. The van der Waals surface area contributed by atoms with E-state index in [0.29, 0.717) is 12.0 Å². The van der Waals surface area contributed by atoms with Gasteiger partial charge in [-0.05, 0) is 35.2 Å². The molecule has 31 heavy (non-hydrogen) atoms. The molecule has 1 heterocycles. The molecule has 0 bridgehead atoms. The third-order valence-corrected chi connectivity index (χ3v) is 5.23. The molecule has 0 amide bonds. The van der Waals surface area contributed by atoms with Gasteiger partial charge in [-0.1, -0.05) is 72.8 Å². The van der Waals surface area contributed by atoms with Gasteiger partial charge in [0.1, 0.15) is 0 Å². The predicted molar refractivity (Wildman–Crippen MR) is 111 cm³/mol. The van der Waals surface area contributed by atoms with E-state index >= 15 is 0 Å². The predicted octanol–water partition coefficient (Wildman–Crippen LogP) is 5.18. The van der Waals surface area contributed by atoms with Crippen LogP contribution < -0.4 is 5.48 Å². The minimum absolute atomic E-state index is 0.0760. The van der Waals surface area contributed by atoms with Crippen LogP contribution in [0.4, 0.5) is 13.2 Å². The minimum atomic E-state index is -5.10. The number of carbonyl (C=O) groups is 1. The first-order chi connectivity index (χ1) is 14.8. The standard InChI is InChI=1S/C24H19F3N2O2/c1-23(19-12-7-11-17(14-19)16-8-3-2-4-9-16)15-18-10-5-6-13-20(18)21(28-23)29-31-22(30)24(25,26)27/h2-14H,15H2,1H3,(H,28,29). The lowest BCUT2D eigenvalue weighted by molar-refractivity contribution is -0.203. The second-order valence-electron chi connectivity index (χ2n) is 7.50. The molecule has 0 radical (unpaired) electrons. The molecule has 1 aliphatic rings. The highest BCUT2D eigenvalue weighted by Gasteiger charge is 2.42. The van der Waals surface area contributed by atoms with E-state index in [2.05, 4.69) is 15.3 Å². The van der Waals surface area contributed by atoms with Gasteiger partial charge in [0.05, 0.1) is 5.54 Å². The van der Waals surface area contributed by atoms with Gasteiger partial charge in [-0.2, -0.15) is 18.7 Å². The summed E-state index contributed by atoms with van der Waals surface area (Å²) in [6.07, 6.45) is -4.56. The lowest BCUT2D eigenvalue weighted by Gasteiger charge is -2.33. The van der Waals surface area contributed by atoms with Crippen LogP contribution in [-0.4, -0.2) is 18.0 Å². The Morgan fingerprint density at radius 2 is 1.65 bits per heavy atom. The molecule has 7 heteroatoms. The van der Waals surface area contributed by atoms with Crippen molar-refractivity contribution in [3.8, 4) is 11.1 Å². The van der Waals surface area contributed by atoms with Crippen molar-refractivity contribution in [2.45, 2.75) is 25.1 Å². The zero-order valence-electron chi connectivity index (χ0n) is 16.6. The molecular weight excluding hydrogens is 405 g/mol. The number of aliphatic imine (C=N–C) groups is 1. The maximum atomic E-state index is 12.6. The fraction of sp³-hybridized carbons (Fsp3) is 0.167. The molecule has 1 N–H and O–H groups in total. The Bertz CT molecular complexity index is 1140. The number of amidine groups is 1. The fourth-order valence-electron chi connectivity index (χ4n) is 3.68. The molecule has 1 atom stereocenters. The number of alkyl halides is 3. The highest BCUT2D eigenvalue weighted by Crippen LogP contribution is 2.36. The Morgan fingerprint density at radius 3 is 2.39 bits per heavy atom. The van der Waals surface area contributed by atoms with Crippen molar-refractivity contribution < 1.29 is 22.8 Å². The molecule has 0 saturated carbocycles. The lowest BCUT2D eigenvalue weighted by Crippen LogP contribution is -2.39. The van der Waals surface area contributed by atoms with Crippen molar-refractivity contribution in [2.75, 3.05) is 0 Å². The van der Waals surface area contributed by atoms with E-state index in [4.69, 9.17) is 0 Å². The number of halogens is 3. The zero-order chi connectivity index (χ0) is 22.1. The molecule has 4 nitrogen and oxygen atoms in total. The number of nitrogens with one attached hydrogen (secondary N) is 1. The van der Waals surface area contributed by atoms with Gasteiger partial charge in [0.25, 0.3) is 0 Å². The number of fused-ring (bicyclic) bond motifs is 1. The summed E-state index contributed by atoms with van der Waals surface area (Å²) in [5.74, 6) is -2.25. The number of hydroxylamine groups is 1. The van der Waals surface area contributed by atoms with Gasteiger partial charge in [0.15, 0.2) is 5.84 Å². The summed E-state index contributed by atoms with van der Waals surface area (Å²) in [5, 5.41) is 0. The van der Waals surface area contributed by atoms with E-state index in [1.54, 1.807) is 12.1 Å². The van der Waals surface area contributed by atoms with Crippen LogP contribution in [0.25, 0.3) is 11.1 Å². The number of benzene rings is 3. The fourth-order valence-corrected chi connectivity index (χ4v) is 3.68. The maximum Gasteiger partial charge on any atom is 0.493 e. The van der Waals surface area contributed by atoms with Crippen LogP contribution in [-0.2, 0) is 21.6 Å². The van der Waals surface area contributed by atoms with Crippen LogP contribution in [0.5, 0.6) is 0 Å². The maximum absolute atomic E-state index is 12.6. The van der Waals surface area contributed by atoms with Crippen LogP contribution >= 0.6 is 0 Å². The first-order valence-electron chi connectivity index (χ1n) is 9.64. The Hall–Kier alpha value is -3.61. The van der Waals surface area contributed by atoms with Crippen LogP contribution in [0.3, 0.4) is 0 Å². The van der Waals surface area contributed by atoms with Crippen LogP contribution in [0.1, 0.15) is 23.6 Å². The van der Waals surface area contributed by atoms with Crippen LogP contribution in [0, 0.1) is 0 Å². The smallest absolute Gasteiger partial charge is 0.334 e. The summed E-state index contributed by atoms with van der Waals surface area (Å²) in [6, 6.07) is 24.9. The average molecular weight is 424 g/mol. The summed E-state index contributed by atoms with van der Waals surface area (Å²) in [5.41, 5.74) is 5.79. The van der Waals surface area contributed by atoms with E-state index in [1.807, 2.05) is 73.7 Å². The molecule has 0 saturated heterocycles. The molecule has 1 aliphatic heterocycles. The SMILES string of the molecule is CC1(c2cccc(-c3ccccc3)c2)Cc2ccccc2C(NOC(=O)C(F)(F)F)=N1. The number of carbonyl (C=O) groups excluding carboxylic acids is 1. The Balaban J connectivity index is 1.71. The second-order valence-corrected chi connectivity index (χ2v) is 7.50. The third-order valence-electron chi connectivity index (χ3n) is 5.23. The molecule has 0 aliphatic carbocycles. The molecule has 1 unspecified atom stereocenters. The highest BCUT2D eigenvalue weighted by molar-refractivity contribution is 6.01. The number of hydrogen-bond donors (Lipinski definition) is 1. The first kappa shape index (κ1) is 20.7. The Labute approximate surface area is 177 Å². The molecule has 3 aromatic rings. The summed E-state index contributed by atoms with van der Waals surface area (Å²) >= 11 is 0. The van der Waals surface area contributed by atoms with Crippen molar-refractivity contribution in [2.24, 2.45) is 4.99 Å². The molecule has 0 fully saturated rings. The number of nitrogens with zero attached hydrogens (tertiary/aromatic N) is 1. The van der Waals surface area contributed by atoms with Crippen LogP contribution in [0.2, 0.25) is 0 Å². The van der Waals surface area contributed by atoms with Crippen molar-refractivity contribution in [3.63, 3.8) is 0 Å². The van der Waals surface area contributed by atoms with Gasteiger partial charge in [-0.25, -0.2) is 4.79 Å². The third kappa shape index (κ3) is 4.30. The van der Waals surface area contributed by atoms with Crippen molar-refractivity contribution in [3.05, 3.63) is 95.6 Å². The number of hydrogen-bond acceptors (Lipinski definition) is 4. The Morgan fingerprint density at radius 1 is 0.968 bits per heavy atom. The van der Waals surface area contributed by atoms with E-state index < -0.39 is 17.7 Å². The average Bonchev–Trinajstić information content (AvgIpc) is 2.77. The van der Waals surface area contributed by atoms with E-state index in [9.17, 15) is 18.0 Å². The normalized spacial score (nSPS) is 18.0. The largest absolute Gasteiger partial charge is 0.493 e. The van der Waals surface area contributed by atoms with Gasteiger partial charge >= 0.3 is 12.1 Å². The monoisotopic (exact) mass is 424 g/mol. The van der Waals surface area contributed by atoms with E-state index in [1.165, 1.54) is 0 Å². The quantitative estimate of drug-likeness (QED) is 0.577. The molecule has 0 aromatic heterocycles. The molecule has 158 valence electrons. The van der Waals surface area contributed by atoms with Gasteiger partial charge in [-0.3, -0.25) is 4.99 Å². The lowest BCUT2D eigenvalue weighted by atomic mass is 9.81. The second kappa shape index (κ2) is 7.91. The highest BCUT2D eigenvalue weighted by atomic mass is 19.4. The zero-order valence-corrected chi connectivity index (χ0v) is 16.6. The summed E-state index contributed by atoms with van der Waals surface area (Å²) in [6.45, 7) is 1.90. The van der Waals surface area contributed by atoms with Gasteiger partial charge < -0.3 is 4.84 Å². The first-order valence-corrected chi connectivity index (χ1v) is 9.64. The van der Waals surface area contributed by atoms with Gasteiger partial charge in [0.2, 0.25) is 0 Å².